The fourth-order valence-electron chi connectivity index (χ4n) is 2.42. The molecule has 0 spiro atoms. The van der Waals surface area contributed by atoms with Crippen molar-refractivity contribution in [2.45, 2.75) is 19.8 Å². The summed E-state index contributed by atoms with van der Waals surface area (Å²) in [6.45, 7) is 2.62. The second-order valence-corrected chi connectivity index (χ2v) is 6.36. The molecule has 6 nitrogen and oxygen atoms in total. The third kappa shape index (κ3) is 4.80. The normalized spacial score (nSPS) is 10.6. The van der Waals surface area contributed by atoms with Crippen molar-refractivity contribution in [3.05, 3.63) is 59.2 Å². The van der Waals surface area contributed by atoms with Gasteiger partial charge in [-0.2, -0.15) is 0 Å². The smallest absolute Gasteiger partial charge is 0.277 e. The summed E-state index contributed by atoms with van der Waals surface area (Å²) in [6, 6.07) is 13.1. The number of unbranched alkanes of at least 4 members (excludes halogenated alkanes) is 1. The number of carbonyl (C=O) groups is 1. The Bertz CT molecular complexity index is 939. The van der Waals surface area contributed by atoms with Gasteiger partial charge in [0.15, 0.2) is 11.5 Å². The molecule has 0 aliphatic heterocycles. The van der Waals surface area contributed by atoms with E-state index in [-0.39, 0.29) is 11.4 Å². The molecular formula is C20H19ClN2O4. The molecule has 0 aliphatic carbocycles. The fourth-order valence-corrected chi connectivity index (χ4v) is 2.59. The van der Waals surface area contributed by atoms with Crippen LogP contribution >= 0.6 is 11.6 Å². The first-order valence-electron chi connectivity index (χ1n) is 8.56. The van der Waals surface area contributed by atoms with Crippen molar-refractivity contribution in [1.29, 1.82) is 0 Å². The molecular weight excluding hydrogens is 368 g/mol. The first-order chi connectivity index (χ1) is 13.1. The van der Waals surface area contributed by atoms with E-state index in [9.17, 15) is 9.90 Å². The van der Waals surface area contributed by atoms with Crippen LogP contribution in [0.4, 0.5) is 5.69 Å². The first kappa shape index (κ1) is 18.8. The number of hydrogen-bond acceptors (Lipinski definition) is 5. The van der Waals surface area contributed by atoms with Gasteiger partial charge >= 0.3 is 0 Å². The molecule has 0 unspecified atom stereocenters. The molecule has 27 heavy (non-hydrogen) atoms. The minimum atomic E-state index is -0.451. The summed E-state index contributed by atoms with van der Waals surface area (Å²) in [6.07, 6.45) is 1.92. The van der Waals surface area contributed by atoms with E-state index in [2.05, 4.69) is 17.4 Å². The highest BCUT2D eigenvalue weighted by Gasteiger charge is 2.16. The molecule has 0 radical (unpaired) electrons. The number of nitrogens with zero attached hydrogens (tertiary/aromatic N) is 1. The molecule has 1 amide bonds. The van der Waals surface area contributed by atoms with Gasteiger partial charge in [-0.1, -0.05) is 42.2 Å². The van der Waals surface area contributed by atoms with Gasteiger partial charge in [-0.25, -0.2) is 0 Å². The fraction of sp³-hybridized carbons (Fsp3) is 0.200. The third-order valence-corrected chi connectivity index (χ3v) is 4.05. The maximum atomic E-state index is 12.5. The first-order valence-corrected chi connectivity index (χ1v) is 8.94. The predicted molar refractivity (Wildman–Crippen MR) is 103 cm³/mol. The van der Waals surface area contributed by atoms with Crippen LogP contribution in [0.25, 0.3) is 11.3 Å². The van der Waals surface area contributed by atoms with E-state index in [1.165, 1.54) is 12.1 Å². The van der Waals surface area contributed by atoms with Crippen LogP contribution < -0.4 is 10.1 Å². The van der Waals surface area contributed by atoms with Crippen molar-refractivity contribution < 1.29 is 19.2 Å². The quantitative estimate of drug-likeness (QED) is 0.550. The van der Waals surface area contributed by atoms with Crippen molar-refractivity contribution in [3.8, 4) is 22.8 Å². The van der Waals surface area contributed by atoms with Gasteiger partial charge in [-0.15, -0.1) is 0 Å². The summed E-state index contributed by atoms with van der Waals surface area (Å²) >= 11 is 6.04. The number of phenols is 1. The molecule has 0 atom stereocenters. The Labute approximate surface area is 161 Å². The highest BCUT2D eigenvalue weighted by Crippen LogP contribution is 2.29. The minimum Gasteiger partial charge on any atom is -0.508 e. The van der Waals surface area contributed by atoms with Gasteiger partial charge in [0.1, 0.15) is 11.5 Å². The number of amides is 1. The van der Waals surface area contributed by atoms with Crippen LogP contribution in [0.5, 0.6) is 11.5 Å². The summed E-state index contributed by atoms with van der Waals surface area (Å²) < 4.78 is 10.9. The molecule has 0 saturated carbocycles. The monoisotopic (exact) mass is 386 g/mol. The van der Waals surface area contributed by atoms with Crippen molar-refractivity contribution in [1.82, 2.24) is 5.16 Å². The molecule has 3 rings (SSSR count). The lowest BCUT2D eigenvalue weighted by atomic mass is 10.1. The van der Waals surface area contributed by atoms with Crippen LogP contribution in [-0.2, 0) is 0 Å². The van der Waals surface area contributed by atoms with Gasteiger partial charge in [-0.05, 0) is 36.8 Å². The predicted octanol–water partition coefficient (Wildman–Crippen LogP) is 5.13. The van der Waals surface area contributed by atoms with Crippen molar-refractivity contribution in [3.63, 3.8) is 0 Å². The minimum absolute atomic E-state index is 0.0997. The number of anilines is 1. The molecule has 140 valence electrons. The maximum absolute atomic E-state index is 12.5. The standard InChI is InChI=1S/C20H19ClN2O4/c1-2-3-9-26-18-8-7-14(21)11-16(18)22-20(25)17-12-19(27-23-17)13-5-4-6-15(24)10-13/h4-8,10-12,24H,2-3,9H2,1H3,(H,22,25). The molecule has 0 saturated heterocycles. The SMILES string of the molecule is CCCCOc1ccc(Cl)cc1NC(=O)c1cc(-c2cccc(O)c2)on1. The second kappa shape index (κ2) is 8.60. The number of aromatic hydroxyl groups is 1. The van der Waals surface area contributed by atoms with E-state index in [0.29, 0.717) is 34.4 Å². The number of halogens is 1. The molecule has 1 heterocycles. The Balaban J connectivity index is 1.77. The van der Waals surface area contributed by atoms with Crippen LogP contribution in [0.1, 0.15) is 30.3 Å². The molecule has 2 N–H and O–H groups in total. The zero-order valence-corrected chi connectivity index (χ0v) is 15.5. The Kier molecular flexibility index (Phi) is 5.98. The van der Waals surface area contributed by atoms with Gasteiger partial charge in [0.25, 0.3) is 5.91 Å². The van der Waals surface area contributed by atoms with Gasteiger partial charge in [0.2, 0.25) is 0 Å². The lowest BCUT2D eigenvalue weighted by molar-refractivity contribution is 0.101. The topological polar surface area (TPSA) is 84.6 Å². The number of aromatic nitrogens is 1. The Hall–Kier alpha value is -2.99. The molecule has 2 aromatic carbocycles. The van der Waals surface area contributed by atoms with Crippen molar-refractivity contribution in [2.75, 3.05) is 11.9 Å². The highest BCUT2D eigenvalue weighted by atomic mass is 35.5. The van der Waals surface area contributed by atoms with Gasteiger partial charge in [-0.3, -0.25) is 4.79 Å². The summed E-state index contributed by atoms with van der Waals surface area (Å²) in [7, 11) is 0. The van der Waals surface area contributed by atoms with E-state index < -0.39 is 5.91 Å². The number of phenolic OH excluding ortho intramolecular Hbond substituents is 1. The third-order valence-electron chi connectivity index (χ3n) is 3.82. The number of hydrogen-bond donors (Lipinski definition) is 2. The van der Waals surface area contributed by atoms with E-state index in [4.69, 9.17) is 20.9 Å². The molecule has 3 aromatic rings. The summed E-state index contributed by atoms with van der Waals surface area (Å²) in [5, 5.41) is 16.6. The maximum Gasteiger partial charge on any atom is 0.277 e. The summed E-state index contributed by atoms with van der Waals surface area (Å²) in [4.78, 5) is 12.5. The van der Waals surface area contributed by atoms with E-state index >= 15 is 0 Å². The zero-order chi connectivity index (χ0) is 19.2. The number of carbonyl (C=O) groups excluding carboxylic acids is 1. The Morgan fingerprint density at radius 3 is 2.89 bits per heavy atom. The van der Waals surface area contributed by atoms with E-state index in [0.717, 1.165) is 12.8 Å². The largest absolute Gasteiger partial charge is 0.508 e. The van der Waals surface area contributed by atoms with Gasteiger partial charge < -0.3 is 19.7 Å². The molecule has 7 heteroatoms. The number of rotatable bonds is 7. The number of ether oxygens (including phenoxy) is 1. The van der Waals surface area contributed by atoms with Crippen LogP contribution in [0.15, 0.2) is 53.1 Å². The molecule has 0 bridgehead atoms. The zero-order valence-electron chi connectivity index (χ0n) is 14.7. The van der Waals surface area contributed by atoms with E-state index in [1.807, 2.05) is 0 Å². The molecule has 0 aliphatic rings. The van der Waals surface area contributed by atoms with Crippen LogP contribution in [0.3, 0.4) is 0 Å². The van der Waals surface area contributed by atoms with Crippen molar-refractivity contribution >= 4 is 23.2 Å². The average Bonchev–Trinajstić information content (AvgIpc) is 3.14. The number of nitrogens with one attached hydrogen (secondary N) is 1. The second-order valence-electron chi connectivity index (χ2n) is 5.92. The average molecular weight is 387 g/mol. The van der Waals surface area contributed by atoms with Crippen LogP contribution in [0, 0.1) is 0 Å². The van der Waals surface area contributed by atoms with Gasteiger partial charge in [0.05, 0.1) is 12.3 Å². The molecule has 0 fully saturated rings. The highest BCUT2D eigenvalue weighted by molar-refractivity contribution is 6.31. The summed E-state index contributed by atoms with van der Waals surface area (Å²) in [5.74, 6) is 0.565. The lowest BCUT2D eigenvalue weighted by Crippen LogP contribution is -2.13. The van der Waals surface area contributed by atoms with Crippen molar-refractivity contribution in [2.24, 2.45) is 0 Å². The molecule has 1 aromatic heterocycles. The summed E-state index contributed by atoms with van der Waals surface area (Å²) in [5.41, 5.74) is 1.19. The Morgan fingerprint density at radius 1 is 1.26 bits per heavy atom. The Morgan fingerprint density at radius 2 is 2.11 bits per heavy atom. The van der Waals surface area contributed by atoms with Gasteiger partial charge in [0, 0.05) is 16.7 Å². The van der Waals surface area contributed by atoms with Crippen LogP contribution in [-0.4, -0.2) is 22.8 Å². The van der Waals surface area contributed by atoms with Crippen LogP contribution in [0.2, 0.25) is 5.02 Å². The van der Waals surface area contributed by atoms with E-state index in [1.54, 1.807) is 36.4 Å². The lowest BCUT2D eigenvalue weighted by Gasteiger charge is -2.12. The number of benzene rings is 2.